The van der Waals surface area contributed by atoms with Gasteiger partial charge in [-0.3, -0.25) is 0 Å². The molecule has 2 heterocycles. The van der Waals surface area contributed by atoms with Crippen LogP contribution in [-0.4, -0.2) is 46.2 Å². The number of fused-ring (bicyclic) bond motifs is 2. The average Bonchev–Trinajstić information content (AvgIpc) is 2.56. The van der Waals surface area contributed by atoms with E-state index in [1.54, 1.807) is 13.8 Å². The zero-order chi connectivity index (χ0) is 19.6. The van der Waals surface area contributed by atoms with Gasteiger partial charge in [0.1, 0.15) is 0 Å². The van der Waals surface area contributed by atoms with Crippen LogP contribution in [-0.2, 0) is 14.3 Å². The lowest BCUT2D eigenvalue weighted by Crippen LogP contribution is -2.55. The van der Waals surface area contributed by atoms with E-state index in [1.165, 1.54) is 7.11 Å². The van der Waals surface area contributed by atoms with Gasteiger partial charge in [0.2, 0.25) is 0 Å². The number of esters is 1. The number of rotatable bonds is 2. The lowest BCUT2D eigenvalue weighted by Gasteiger charge is -2.49. The lowest BCUT2D eigenvalue weighted by atomic mass is 9.75. The molecule has 0 spiro atoms. The van der Waals surface area contributed by atoms with Crippen molar-refractivity contribution in [2.75, 3.05) is 7.11 Å². The van der Waals surface area contributed by atoms with Crippen LogP contribution in [0, 0.1) is 5.92 Å². The van der Waals surface area contributed by atoms with Crippen molar-refractivity contribution in [2.24, 2.45) is 5.92 Å². The molecule has 148 valence electrons. The summed E-state index contributed by atoms with van der Waals surface area (Å²) in [6.45, 7) is 7.77. The number of hydrogen-bond donors (Lipinski definition) is 2. The van der Waals surface area contributed by atoms with Crippen LogP contribution < -0.4 is 0 Å². The molecule has 0 saturated carbocycles. The third-order valence-electron chi connectivity index (χ3n) is 5.94. The van der Waals surface area contributed by atoms with Crippen LogP contribution in [0.15, 0.2) is 23.8 Å². The molecule has 5 nitrogen and oxygen atoms in total. The molecule has 2 N–H and O–H groups in total. The fourth-order valence-electron chi connectivity index (χ4n) is 3.82. The molecule has 2 rings (SSSR count). The average molecular weight is 366 g/mol. The highest BCUT2D eigenvalue weighted by Crippen LogP contribution is 2.43. The Labute approximate surface area is 157 Å². The second kappa shape index (κ2) is 7.83. The number of hydrogen-bond acceptors (Lipinski definition) is 5. The van der Waals surface area contributed by atoms with Crippen LogP contribution in [0.3, 0.4) is 0 Å². The largest absolute Gasteiger partial charge is 0.466 e. The van der Waals surface area contributed by atoms with E-state index in [4.69, 9.17) is 9.47 Å². The predicted octanol–water partition coefficient (Wildman–Crippen LogP) is 3.29. The summed E-state index contributed by atoms with van der Waals surface area (Å²) in [5.74, 6) is -0.158. The monoisotopic (exact) mass is 366 g/mol. The summed E-state index contributed by atoms with van der Waals surface area (Å²) in [6, 6.07) is 0. The first-order valence-electron chi connectivity index (χ1n) is 9.62. The Morgan fingerprint density at radius 2 is 1.92 bits per heavy atom. The molecule has 0 aromatic heterocycles. The maximum Gasteiger partial charge on any atom is 0.333 e. The normalized spacial score (nSPS) is 42.2. The molecule has 1 fully saturated rings. The SMILES string of the molecule is COC(=O)/C1=C\CC[C@@](C)(O)/C=C/[C@]2(C(C)C)CC[C@](C)(O)[C@H](CC1)O2. The Morgan fingerprint density at radius 1 is 1.23 bits per heavy atom. The minimum Gasteiger partial charge on any atom is -0.466 e. The zero-order valence-corrected chi connectivity index (χ0v) is 16.7. The fourth-order valence-corrected chi connectivity index (χ4v) is 3.82. The van der Waals surface area contributed by atoms with Gasteiger partial charge in [-0.2, -0.15) is 0 Å². The second-order valence-electron chi connectivity index (χ2n) is 8.56. The third-order valence-corrected chi connectivity index (χ3v) is 5.94. The molecule has 0 aromatic carbocycles. The lowest BCUT2D eigenvalue weighted by molar-refractivity contribution is -0.210. The summed E-state index contributed by atoms with van der Waals surface area (Å²) in [6.07, 6.45) is 8.69. The fraction of sp³-hybridized carbons (Fsp3) is 0.762. The van der Waals surface area contributed by atoms with Crippen LogP contribution in [0.25, 0.3) is 0 Å². The number of ether oxygens (including phenoxy) is 2. The van der Waals surface area contributed by atoms with Gasteiger partial charge in [0.15, 0.2) is 0 Å². The first-order valence-corrected chi connectivity index (χ1v) is 9.62. The van der Waals surface area contributed by atoms with Crippen molar-refractivity contribution in [1.29, 1.82) is 0 Å². The van der Waals surface area contributed by atoms with Crippen molar-refractivity contribution >= 4 is 5.97 Å². The highest BCUT2D eigenvalue weighted by Gasteiger charge is 2.47. The van der Waals surface area contributed by atoms with Gasteiger partial charge < -0.3 is 19.7 Å². The van der Waals surface area contributed by atoms with Gasteiger partial charge in [-0.15, -0.1) is 0 Å². The molecule has 0 aromatic rings. The predicted molar refractivity (Wildman–Crippen MR) is 101 cm³/mol. The van der Waals surface area contributed by atoms with Gasteiger partial charge in [-0.1, -0.05) is 32.1 Å². The summed E-state index contributed by atoms with van der Waals surface area (Å²) in [5.41, 5.74) is -1.88. The van der Waals surface area contributed by atoms with E-state index < -0.39 is 16.8 Å². The third kappa shape index (κ3) is 4.76. The van der Waals surface area contributed by atoms with Gasteiger partial charge in [0.05, 0.1) is 30.0 Å². The van der Waals surface area contributed by atoms with E-state index in [2.05, 4.69) is 13.8 Å². The van der Waals surface area contributed by atoms with Gasteiger partial charge in [0, 0.05) is 5.57 Å². The summed E-state index contributed by atoms with van der Waals surface area (Å²) < 4.78 is 11.3. The summed E-state index contributed by atoms with van der Waals surface area (Å²) >= 11 is 0. The first kappa shape index (κ1) is 21.1. The maximum atomic E-state index is 12.1. The van der Waals surface area contributed by atoms with Crippen molar-refractivity contribution in [3.05, 3.63) is 23.8 Å². The zero-order valence-electron chi connectivity index (χ0n) is 16.7. The quantitative estimate of drug-likeness (QED) is 0.579. The number of carbonyl (C=O) groups is 1. The van der Waals surface area contributed by atoms with Crippen LogP contribution in [0.2, 0.25) is 0 Å². The van der Waals surface area contributed by atoms with Crippen LogP contribution in [0.4, 0.5) is 0 Å². The number of carbonyl (C=O) groups excluding carboxylic acids is 1. The van der Waals surface area contributed by atoms with Crippen molar-refractivity contribution in [3.63, 3.8) is 0 Å². The summed E-state index contributed by atoms with van der Waals surface area (Å²) in [7, 11) is 1.37. The van der Waals surface area contributed by atoms with Crippen LogP contribution >= 0.6 is 0 Å². The molecule has 1 saturated heterocycles. The molecule has 0 aliphatic carbocycles. The first-order chi connectivity index (χ1) is 12.0. The molecular formula is C21H34O5. The topological polar surface area (TPSA) is 76.0 Å². The molecular weight excluding hydrogens is 332 g/mol. The molecule has 26 heavy (non-hydrogen) atoms. The summed E-state index contributed by atoms with van der Waals surface area (Å²) in [4.78, 5) is 12.1. The van der Waals surface area contributed by atoms with E-state index in [0.717, 1.165) is 0 Å². The van der Waals surface area contributed by atoms with E-state index in [1.807, 2.05) is 18.2 Å². The Morgan fingerprint density at radius 3 is 2.54 bits per heavy atom. The smallest absolute Gasteiger partial charge is 0.333 e. The maximum absolute atomic E-state index is 12.1. The Hall–Kier alpha value is -1.17. The van der Waals surface area contributed by atoms with Crippen molar-refractivity contribution < 1.29 is 24.5 Å². The molecule has 5 heteroatoms. The highest BCUT2D eigenvalue weighted by atomic mass is 16.5. The Balaban J connectivity index is 2.40. The van der Waals surface area contributed by atoms with E-state index in [9.17, 15) is 15.0 Å². The molecule has 2 aliphatic rings. The minimum atomic E-state index is -0.988. The summed E-state index contributed by atoms with van der Waals surface area (Å²) in [5, 5.41) is 21.5. The molecule has 0 unspecified atom stereocenters. The molecule has 0 amide bonds. The van der Waals surface area contributed by atoms with E-state index >= 15 is 0 Å². The molecule has 2 bridgehead atoms. The van der Waals surface area contributed by atoms with Crippen molar-refractivity contribution in [2.45, 2.75) is 89.1 Å². The van der Waals surface area contributed by atoms with Gasteiger partial charge in [0.25, 0.3) is 0 Å². The standard InChI is InChI=1S/C21H34O5/c1-15(2)21-13-11-19(3,23)10-6-7-16(18(22)25-5)8-9-17(26-21)20(4,24)12-14-21/h7,11,13,15,17,23-24H,6,8-10,12,14H2,1-5H3/b13-11+,16-7-/t17-,19+,20-,21+/m0/s1. The minimum absolute atomic E-state index is 0.201. The van der Waals surface area contributed by atoms with E-state index in [-0.39, 0.29) is 18.0 Å². The Bertz CT molecular complexity index is 573. The Kier molecular flexibility index (Phi) is 6.36. The number of aliphatic hydroxyl groups is 2. The van der Waals surface area contributed by atoms with Crippen LogP contribution in [0.5, 0.6) is 0 Å². The molecule has 2 aliphatic heterocycles. The van der Waals surface area contributed by atoms with Gasteiger partial charge >= 0.3 is 5.97 Å². The van der Waals surface area contributed by atoms with E-state index in [0.29, 0.717) is 44.1 Å². The number of methoxy groups -OCH3 is 1. The molecule has 4 atom stereocenters. The van der Waals surface area contributed by atoms with Gasteiger partial charge in [-0.25, -0.2) is 4.79 Å². The van der Waals surface area contributed by atoms with Gasteiger partial charge in [-0.05, 0) is 58.3 Å². The number of allylic oxidation sites excluding steroid dienone is 1. The van der Waals surface area contributed by atoms with Crippen molar-refractivity contribution in [3.8, 4) is 0 Å². The highest BCUT2D eigenvalue weighted by molar-refractivity contribution is 5.88. The van der Waals surface area contributed by atoms with Crippen LogP contribution in [0.1, 0.15) is 66.2 Å². The molecule has 0 radical (unpaired) electrons. The van der Waals surface area contributed by atoms with Crippen molar-refractivity contribution in [1.82, 2.24) is 0 Å². The second-order valence-corrected chi connectivity index (χ2v) is 8.56.